The summed E-state index contributed by atoms with van der Waals surface area (Å²) in [6.45, 7) is 8.61. The summed E-state index contributed by atoms with van der Waals surface area (Å²) >= 11 is 0. The van der Waals surface area contributed by atoms with Gasteiger partial charge in [-0.15, -0.1) is 0 Å². The minimum atomic E-state index is 1.15. The van der Waals surface area contributed by atoms with E-state index in [9.17, 15) is 0 Å². The number of nitrogens with zero attached hydrogens (tertiary/aromatic N) is 1. The number of allylic oxidation sites excluding steroid dienone is 4. The third-order valence-corrected chi connectivity index (χ3v) is 7.50. The summed E-state index contributed by atoms with van der Waals surface area (Å²) < 4.78 is 0. The fraction of sp³-hybridized carbons (Fsp3) is 0.111. The van der Waals surface area contributed by atoms with Crippen molar-refractivity contribution in [3.8, 4) is 0 Å². The van der Waals surface area contributed by atoms with Crippen molar-refractivity contribution in [2.24, 2.45) is 0 Å². The Bertz CT molecular complexity index is 1790. The van der Waals surface area contributed by atoms with Gasteiger partial charge in [-0.1, -0.05) is 72.8 Å². The van der Waals surface area contributed by atoms with Crippen molar-refractivity contribution in [1.82, 2.24) is 4.98 Å². The lowest BCUT2D eigenvalue weighted by Crippen LogP contribution is -2.16. The van der Waals surface area contributed by atoms with E-state index < -0.39 is 0 Å². The zero-order valence-corrected chi connectivity index (χ0v) is 22.4. The molecule has 0 aliphatic carbocycles. The Kier molecular flexibility index (Phi) is 6.09. The van der Waals surface area contributed by atoms with Crippen molar-refractivity contribution < 1.29 is 0 Å². The molecule has 6 rings (SSSR count). The summed E-state index contributed by atoms with van der Waals surface area (Å²) in [6, 6.07) is 28.4. The largest absolute Gasteiger partial charge is 0.354 e. The van der Waals surface area contributed by atoms with Crippen LogP contribution in [0.15, 0.2) is 108 Å². The molecule has 0 spiro atoms. The van der Waals surface area contributed by atoms with Gasteiger partial charge in [-0.25, -0.2) is 0 Å². The SMILES string of the molecule is C/C=C\C1=C(C)C=Cc2cc3c(cc2N1c1ccccc1)[nH]c1cc(C)c(/C=C\c2ccccc2C)cc13. The Morgan fingerprint density at radius 2 is 1.37 bits per heavy atom. The number of anilines is 2. The monoisotopic (exact) mass is 492 g/mol. The van der Waals surface area contributed by atoms with Crippen LogP contribution in [0.4, 0.5) is 11.4 Å². The first kappa shape index (κ1) is 23.8. The molecule has 1 aliphatic rings. The standard InChI is InChI=1S/C36H32N2/c1-5-11-35-25(3)16-17-29-22-32-31-21-28(19-18-27-13-10-9-12-24(27)2)26(4)20-33(31)37-34(32)23-36(29)38(35)30-14-7-6-8-15-30/h5-23,37H,1-4H3/b11-5-,19-18-. The average Bonchev–Trinajstić information content (AvgIpc) is 3.20. The molecule has 0 atom stereocenters. The molecule has 1 N–H and O–H groups in total. The van der Waals surface area contributed by atoms with Crippen LogP contribution in [0.5, 0.6) is 0 Å². The van der Waals surface area contributed by atoms with Crippen molar-refractivity contribution in [2.75, 3.05) is 4.90 Å². The number of hydrogen-bond acceptors (Lipinski definition) is 1. The maximum Gasteiger partial charge on any atom is 0.0555 e. The topological polar surface area (TPSA) is 19.0 Å². The highest BCUT2D eigenvalue weighted by Crippen LogP contribution is 2.41. The molecule has 1 aromatic heterocycles. The molecule has 0 fully saturated rings. The summed E-state index contributed by atoms with van der Waals surface area (Å²) in [5, 5.41) is 2.49. The summed E-state index contributed by atoms with van der Waals surface area (Å²) in [6.07, 6.45) is 13.3. The number of para-hydroxylation sites is 1. The highest BCUT2D eigenvalue weighted by Gasteiger charge is 2.21. The first-order chi connectivity index (χ1) is 18.5. The fourth-order valence-corrected chi connectivity index (χ4v) is 5.41. The van der Waals surface area contributed by atoms with Crippen LogP contribution in [0.2, 0.25) is 0 Å². The number of aromatic amines is 1. The van der Waals surface area contributed by atoms with Gasteiger partial charge in [0.05, 0.1) is 5.69 Å². The predicted molar refractivity (Wildman–Crippen MR) is 166 cm³/mol. The molecule has 4 aromatic carbocycles. The molecule has 0 saturated carbocycles. The summed E-state index contributed by atoms with van der Waals surface area (Å²) in [7, 11) is 0. The van der Waals surface area contributed by atoms with E-state index >= 15 is 0 Å². The molecule has 1 aliphatic heterocycles. The molecule has 0 unspecified atom stereocenters. The van der Waals surface area contributed by atoms with Crippen LogP contribution in [-0.2, 0) is 0 Å². The fourth-order valence-electron chi connectivity index (χ4n) is 5.41. The molecule has 0 amide bonds. The smallest absolute Gasteiger partial charge is 0.0555 e. The van der Waals surface area contributed by atoms with Gasteiger partial charge in [-0.05, 0) is 104 Å². The zero-order valence-electron chi connectivity index (χ0n) is 22.4. The zero-order chi connectivity index (χ0) is 26.2. The second-order valence-electron chi connectivity index (χ2n) is 10.1. The van der Waals surface area contributed by atoms with Gasteiger partial charge in [-0.2, -0.15) is 0 Å². The van der Waals surface area contributed by atoms with Gasteiger partial charge >= 0.3 is 0 Å². The first-order valence-corrected chi connectivity index (χ1v) is 13.2. The molecule has 186 valence electrons. The third-order valence-electron chi connectivity index (χ3n) is 7.50. The van der Waals surface area contributed by atoms with E-state index in [0.717, 1.165) is 11.2 Å². The van der Waals surface area contributed by atoms with Crippen LogP contribution in [0.1, 0.15) is 41.7 Å². The average molecular weight is 493 g/mol. The van der Waals surface area contributed by atoms with Crippen molar-refractivity contribution >= 4 is 51.4 Å². The number of aryl methyl sites for hydroxylation is 2. The van der Waals surface area contributed by atoms with E-state index in [1.165, 1.54) is 61.1 Å². The number of benzene rings is 4. The maximum atomic E-state index is 3.72. The highest BCUT2D eigenvalue weighted by atomic mass is 15.2. The van der Waals surface area contributed by atoms with E-state index in [0.29, 0.717) is 0 Å². The summed E-state index contributed by atoms with van der Waals surface area (Å²) in [4.78, 5) is 6.09. The third kappa shape index (κ3) is 4.18. The van der Waals surface area contributed by atoms with Gasteiger partial charge in [0.1, 0.15) is 0 Å². The number of nitrogens with one attached hydrogen (secondary N) is 1. The van der Waals surface area contributed by atoms with Crippen molar-refractivity contribution in [2.45, 2.75) is 27.7 Å². The van der Waals surface area contributed by atoms with Crippen LogP contribution in [0, 0.1) is 13.8 Å². The van der Waals surface area contributed by atoms with Crippen LogP contribution in [0.25, 0.3) is 40.0 Å². The molecule has 38 heavy (non-hydrogen) atoms. The Hall–Kier alpha value is -4.56. The lowest BCUT2D eigenvalue weighted by atomic mass is 10.0. The van der Waals surface area contributed by atoms with E-state index in [4.69, 9.17) is 0 Å². The van der Waals surface area contributed by atoms with Crippen molar-refractivity contribution in [1.29, 1.82) is 0 Å². The Labute approximate surface area is 224 Å². The second kappa shape index (κ2) is 9.72. The van der Waals surface area contributed by atoms with Crippen LogP contribution in [0.3, 0.4) is 0 Å². The number of aromatic nitrogens is 1. The van der Waals surface area contributed by atoms with Crippen molar-refractivity contribution in [3.63, 3.8) is 0 Å². The van der Waals surface area contributed by atoms with E-state index in [-0.39, 0.29) is 0 Å². The lowest BCUT2D eigenvalue weighted by molar-refractivity contribution is 1.18. The highest BCUT2D eigenvalue weighted by molar-refractivity contribution is 6.10. The first-order valence-electron chi connectivity index (χ1n) is 13.2. The molecule has 2 heterocycles. The van der Waals surface area contributed by atoms with Gasteiger partial charge in [0.2, 0.25) is 0 Å². The van der Waals surface area contributed by atoms with Crippen LogP contribution in [-0.4, -0.2) is 4.98 Å². The maximum absolute atomic E-state index is 3.72. The molecular weight excluding hydrogens is 460 g/mol. The van der Waals surface area contributed by atoms with Crippen molar-refractivity contribution in [3.05, 3.63) is 136 Å². The molecule has 5 aromatic rings. The summed E-state index contributed by atoms with van der Waals surface area (Å²) in [5.41, 5.74) is 13.3. The molecule has 0 radical (unpaired) electrons. The molecule has 0 saturated heterocycles. The van der Waals surface area contributed by atoms with Gasteiger partial charge in [0.25, 0.3) is 0 Å². The molecular formula is C36H32N2. The number of hydrogen-bond donors (Lipinski definition) is 1. The van der Waals surface area contributed by atoms with E-state index in [2.05, 4.69) is 153 Å². The normalized spacial score (nSPS) is 13.8. The quantitative estimate of drug-likeness (QED) is 0.247. The van der Waals surface area contributed by atoms with Crippen LogP contribution >= 0.6 is 0 Å². The van der Waals surface area contributed by atoms with Gasteiger partial charge in [0.15, 0.2) is 0 Å². The Morgan fingerprint density at radius 3 is 2.16 bits per heavy atom. The predicted octanol–water partition coefficient (Wildman–Crippen LogP) is 10.1. The van der Waals surface area contributed by atoms with Gasteiger partial charge < -0.3 is 9.88 Å². The van der Waals surface area contributed by atoms with Crippen LogP contribution < -0.4 is 4.90 Å². The minimum Gasteiger partial charge on any atom is -0.354 e. The minimum absolute atomic E-state index is 1.15. The molecule has 2 nitrogen and oxygen atoms in total. The number of fused-ring (bicyclic) bond motifs is 4. The Balaban J connectivity index is 1.53. The number of H-pyrrole nitrogens is 1. The number of rotatable bonds is 4. The molecule has 2 heteroatoms. The molecule has 0 bridgehead atoms. The Morgan fingerprint density at radius 1 is 0.658 bits per heavy atom. The van der Waals surface area contributed by atoms with Gasteiger partial charge in [0, 0.05) is 33.2 Å². The van der Waals surface area contributed by atoms with E-state index in [1.54, 1.807) is 0 Å². The second-order valence-corrected chi connectivity index (χ2v) is 10.1. The summed E-state index contributed by atoms with van der Waals surface area (Å²) in [5.74, 6) is 0. The van der Waals surface area contributed by atoms with Gasteiger partial charge in [-0.3, -0.25) is 0 Å². The lowest BCUT2D eigenvalue weighted by Gasteiger charge is -2.28. The van der Waals surface area contributed by atoms with E-state index in [1.807, 2.05) is 0 Å².